The predicted octanol–water partition coefficient (Wildman–Crippen LogP) is 5.49. The van der Waals surface area contributed by atoms with E-state index in [9.17, 15) is 0 Å². The number of nitrogens with one attached hydrogen (secondary N) is 1. The molecule has 0 atom stereocenters. The topological polar surface area (TPSA) is 42.8 Å². The molecule has 0 spiro atoms. The van der Waals surface area contributed by atoms with E-state index in [0.717, 1.165) is 34.0 Å². The fourth-order valence-corrected chi connectivity index (χ4v) is 2.49. The van der Waals surface area contributed by atoms with Crippen LogP contribution in [0.2, 0.25) is 0 Å². The van der Waals surface area contributed by atoms with Crippen molar-refractivity contribution < 1.29 is 9.47 Å². The highest BCUT2D eigenvalue weighted by Gasteiger charge is 2.04. The quantitative estimate of drug-likeness (QED) is 0.349. The second-order valence-corrected chi connectivity index (χ2v) is 5.90. The third-order valence-corrected chi connectivity index (χ3v) is 3.91. The number of ether oxygens (including phenoxy) is 2. The molecule has 3 aromatic carbocycles. The molecular weight excluding hydrogens is 324 g/mol. The van der Waals surface area contributed by atoms with Crippen molar-refractivity contribution in [1.82, 2.24) is 0 Å². The van der Waals surface area contributed by atoms with Gasteiger partial charge >= 0.3 is 0 Å². The smallest absolute Gasteiger partial charge is 0.181 e. The lowest BCUT2D eigenvalue weighted by Crippen LogP contribution is -2.09. The van der Waals surface area contributed by atoms with Gasteiger partial charge in [-0.1, -0.05) is 36.4 Å². The molecule has 0 aliphatic heterocycles. The molecule has 0 amide bonds. The normalized spacial score (nSPS) is 10.7. The zero-order valence-corrected chi connectivity index (χ0v) is 15.0. The van der Waals surface area contributed by atoms with E-state index in [1.807, 2.05) is 80.6 Å². The van der Waals surface area contributed by atoms with Gasteiger partial charge in [0.25, 0.3) is 0 Å². The SMILES string of the molecule is Cc1cc(NCOc2ccccc2)c(C)cc1N=COc1ccccc1. The molecule has 4 heteroatoms. The van der Waals surface area contributed by atoms with E-state index in [2.05, 4.69) is 16.4 Å². The summed E-state index contributed by atoms with van der Waals surface area (Å²) in [5.74, 6) is 1.61. The van der Waals surface area contributed by atoms with Crippen molar-refractivity contribution in [3.05, 3.63) is 83.9 Å². The van der Waals surface area contributed by atoms with Gasteiger partial charge in [0.15, 0.2) is 13.1 Å². The molecule has 1 N–H and O–H groups in total. The standard InChI is InChI=1S/C22H22N2O2/c1-17-13-22(24-16-26-20-11-7-4-8-12-20)18(2)14-21(17)23-15-25-19-9-5-3-6-10-19/h3-15,24H,16H2,1-2H3. The van der Waals surface area contributed by atoms with Crippen LogP contribution >= 0.6 is 0 Å². The summed E-state index contributed by atoms with van der Waals surface area (Å²) in [6.07, 6.45) is 1.47. The van der Waals surface area contributed by atoms with E-state index < -0.39 is 0 Å². The number of para-hydroxylation sites is 2. The Bertz CT molecular complexity index is 862. The number of anilines is 1. The van der Waals surface area contributed by atoms with Crippen molar-refractivity contribution in [1.29, 1.82) is 0 Å². The molecule has 0 unspecified atom stereocenters. The Kier molecular flexibility index (Phi) is 5.88. The molecule has 26 heavy (non-hydrogen) atoms. The summed E-state index contributed by atoms with van der Waals surface area (Å²) in [7, 11) is 0. The van der Waals surface area contributed by atoms with E-state index in [1.54, 1.807) is 0 Å². The van der Waals surface area contributed by atoms with Gasteiger partial charge < -0.3 is 14.8 Å². The first-order valence-electron chi connectivity index (χ1n) is 8.49. The van der Waals surface area contributed by atoms with E-state index in [-0.39, 0.29) is 0 Å². The van der Waals surface area contributed by atoms with Crippen molar-refractivity contribution in [2.24, 2.45) is 4.99 Å². The second kappa shape index (κ2) is 8.72. The van der Waals surface area contributed by atoms with E-state index in [1.165, 1.54) is 6.40 Å². The van der Waals surface area contributed by atoms with Crippen molar-refractivity contribution in [2.75, 3.05) is 12.0 Å². The summed E-state index contributed by atoms with van der Waals surface area (Å²) in [5, 5.41) is 3.31. The Morgan fingerprint density at radius 2 is 1.50 bits per heavy atom. The first-order chi connectivity index (χ1) is 12.7. The number of rotatable bonds is 7. The lowest BCUT2D eigenvalue weighted by atomic mass is 10.1. The summed E-state index contributed by atoms with van der Waals surface area (Å²) in [4.78, 5) is 4.42. The van der Waals surface area contributed by atoms with Gasteiger partial charge in [0, 0.05) is 5.69 Å². The summed E-state index contributed by atoms with van der Waals surface area (Å²) < 4.78 is 11.2. The van der Waals surface area contributed by atoms with Crippen LogP contribution in [0.25, 0.3) is 0 Å². The second-order valence-electron chi connectivity index (χ2n) is 5.90. The summed E-state index contributed by atoms with van der Waals surface area (Å²) in [6.45, 7) is 4.48. The Labute approximate surface area is 154 Å². The molecule has 132 valence electrons. The molecule has 0 saturated heterocycles. The Morgan fingerprint density at radius 3 is 2.19 bits per heavy atom. The van der Waals surface area contributed by atoms with Gasteiger partial charge in [-0.25, -0.2) is 4.99 Å². The third-order valence-electron chi connectivity index (χ3n) is 3.91. The number of aliphatic imine (C=N–C) groups is 1. The van der Waals surface area contributed by atoms with Gasteiger partial charge in [-0.05, 0) is 61.4 Å². The number of hydrogen-bond donors (Lipinski definition) is 1. The molecule has 0 saturated carbocycles. The molecule has 3 aromatic rings. The number of aryl methyl sites for hydroxylation is 2. The summed E-state index contributed by atoms with van der Waals surface area (Å²) in [5.41, 5.74) is 4.07. The molecule has 0 fully saturated rings. The van der Waals surface area contributed by atoms with E-state index in [4.69, 9.17) is 9.47 Å². The molecule has 0 aliphatic rings. The fraction of sp³-hybridized carbons (Fsp3) is 0.136. The average Bonchev–Trinajstić information content (AvgIpc) is 2.67. The van der Waals surface area contributed by atoms with Crippen molar-refractivity contribution in [2.45, 2.75) is 13.8 Å². The fourth-order valence-electron chi connectivity index (χ4n) is 2.49. The highest BCUT2D eigenvalue weighted by atomic mass is 16.5. The molecule has 0 aliphatic carbocycles. The number of nitrogens with zero attached hydrogens (tertiary/aromatic N) is 1. The minimum Gasteiger partial charge on any atom is -0.473 e. The van der Waals surface area contributed by atoms with Crippen molar-refractivity contribution >= 4 is 17.8 Å². The minimum atomic E-state index is 0.407. The van der Waals surface area contributed by atoms with E-state index >= 15 is 0 Å². The van der Waals surface area contributed by atoms with Crippen LogP contribution in [0.3, 0.4) is 0 Å². The maximum absolute atomic E-state index is 5.69. The van der Waals surface area contributed by atoms with Crippen LogP contribution in [-0.2, 0) is 0 Å². The van der Waals surface area contributed by atoms with Crippen LogP contribution in [0, 0.1) is 13.8 Å². The summed E-state index contributed by atoms with van der Waals surface area (Å²) >= 11 is 0. The predicted molar refractivity (Wildman–Crippen MR) is 107 cm³/mol. The van der Waals surface area contributed by atoms with Gasteiger partial charge in [-0.15, -0.1) is 0 Å². The van der Waals surface area contributed by atoms with Crippen LogP contribution < -0.4 is 14.8 Å². The molecule has 3 rings (SSSR count). The molecule has 0 heterocycles. The summed E-state index contributed by atoms with van der Waals surface area (Å²) in [6, 6.07) is 23.4. The zero-order chi connectivity index (χ0) is 18.2. The largest absolute Gasteiger partial charge is 0.473 e. The third kappa shape index (κ3) is 4.86. The highest BCUT2D eigenvalue weighted by molar-refractivity contribution is 5.66. The van der Waals surface area contributed by atoms with Crippen LogP contribution in [0.1, 0.15) is 11.1 Å². The minimum absolute atomic E-state index is 0.407. The van der Waals surface area contributed by atoms with Crippen LogP contribution in [0.4, 0.5) is 11.4 Å². The maximum atomic E-state index is 5.69. The lowest BCUT2D eigenvalue weighted by Gasteiger charge is -2.13. The van der Waals surface area contributed by atoms with Gasteiger partial charge in [0.2, 0.25) is 0 Å². The molecule has 0 bridgehead atoms. The lowest BCUT2D eigenvalue weighted by molar-refractivity contribution is 0.347. The molecule has 0 radical (unpaired) electrons. The Morgan fingerprint density at radius 1 is 0.846 bits per heavy atom. The van der Waals surface area contributed by atoms with Crippen LogP contribution in [0.15, 0.2) is 77.8 Å². The Hall–Kier alpha value is -3.27. The number of benzene rings is 3. The van der Waals surface area contributed by atoms with Crippen molar-refractivity contribution in [3.8, 4) is 11.5 Å². The molecular formula is C22H22N2O2. The first kappa shape index (κ1) is 17.5. The average molecular weight is 346 g/mol. The van der Waals surface area contributed by atoms with Crippen LogP contribution in [0.5, 0.6) is 11.5 Å². The van der Waals surface area contributed by atoms with Gasteiger partial charge in [0.1, 0.15) is 11.5 Å². The Balaban J connectivity index is 1.60. The highest BCUT2D eigenvalue weighted by Crippen LogP contribution is 2.26. The molecule has 4 nitrogen and oxygen atoms in total. The first-order valence-corrected chi connectivity index (χ1v) is 8.49. The van der Waals surface area contributed by atoms with Gasteiger partial charge in [-0.2, -0.15) is 0 Å². The van der Waals surface area contributed by atoms with Gasteiger partial charge in [-0.3, -0.25) is 0 Å². The van der Waals surface area contributed by atoms with Gasteiger partial charge in [0.05, 0.1) is 5.69 Å². The van der Waals surface area contributed by atoms with Crippen molar-refractivity contribution in [3.63, 3.8) is 0 Å². The monoisotopic (exact) mass is 346 g/mol. The number of hydrogen-bond acceptors (Lipinski definition) is 4. The van der Waals surface area contributed by atoms with E-state index in [0.29, 0.717) is 6.73 Å². The molecule has 0 aromatic heterocycles. The van der Waals surface area contributed by atoms with Crippen LogP contribution in [-0.4, -0.2) is 13.1 Å². The zero-order valence-electron chi connectivity index (χ0n) is 15.0. The maximum Gasteiger partial charge on any atom is 0.181 e.